The highest BCUT2D eigenvalue weighted by molar-refractivity contribution is 5.24. The molecule has 14 heavy (non-hydrogen) atoms. The van der Waals surface area contributed by atoms with Gasteiger partial charge in [0.25, 0.3) is 0 Å². The molecule has 1 rings (SSSR count). The maximum absolute atomic E-state index is 9.37. The van der Waals surface area contributed by atoms with Crippen LogP contribution < -0.4 is 0 Å². The van der Waals surface area contributed by atoms with Crippen molar-refractivity contribution in [1.29, 1.82) is 5.26 Å². The van der Waals surface area contributed by atoms with Gasteiger partial charge >= 0.3 is 0 Å². The van der Waals surface area contributed by atoms with Crippen molar-refractivity contribution in [1.82, 2.24) is 9.78 Å². The first-order chi connectivity index (χ1) is 6.77. The molecule has 0 saturated carbocycles. The van der Waals surface area contributed by atoms with Gasteiger partial charge in [0.2, 0.25) is 5.88 Å². The van der Waals surface area contributed by atoms with E-state index in [9.17, 15) is 5.11 Å². The molecule has 1 N–H and O–H groups in total. The van der Waals surface area contributed by atoms with E-state index in [4.69, 9.17) is 5.26 Å². The number of aromatic nitrogens is 2. The fourth-order valence-corrected chi connectivity index (χ4v) is 1.31. The number of aromatic hydroxyl groups is 1. The molecule has 1 heterocycles. The molecule has 1 aromatic rings. The van der Waals surface area contributed by atoms with E-state index in [-0.39, 0.29) is 11.6 Å². The van der Waals surface area contributed by atoms with Crippen LogP contribution in [-0.4, -0.2) is 14.9 Å². The molecule has 1 aromatic heterocycles. The normalized spacial score (nSPS) is 10.0. The van der Waals surface area contributed by atoms with Gasteiger partial charge in [0.1, 0.15) is 6.07 Å². The predicted molar refractivity (Wildman–Crippen MR) is 52.7 cm³/mol. The standard InChI is InChI=1S/C10H15N3O/c1-2-3-4-5-6-13-10(14)7-9(8-11)12-13/h7,14H,2-6H2,1H3. The first kappa shape index (κ1) is 10.6. The topological polar surface area (TPSA) is 61.8 Å². The molecule has 0 bridgehead atoms. The molecule has 0 radical (unpaired) electrons. The molecule has 0 atom stereocenters. The molecule has 0 aliphatic rings. The van der Waals surface area contributed by atoms with Gasteiger partial charge in [-0.15, -0.1) is 0 Å². The lowest BCUT2D eigenvalue weighted by Crippen LogP contribution is -1.99. The van der Waals surface area contributed by atoms with Crippen LogP contribution in [0.5, 0.6) is 5.88 Å². The second-order valence-corrected chi connectivity index (χ2v) is 3.28. The van der Waals surface area contributed by atoms with E-state index in [1.807, 2.05) is 6.07 Å². The summed E-state index contributed by atoms with van der Waals surface area (Å²) in [6, 6.07) is 3.29. The third-order valence-corrected chi connectivity index (χ3v) is 2.10. The van der Waals surface area contributed by atoms with E-state index in [0.717, 1.165) is 12.8 Å². The molecule has 0 aliphatic heterocycles. The van der Waals surface area contributed by atoms with Crippen LogP contribution in [0, 0.1) is 11.3 Å². The second-order valence-electron chi connectivity index (χ2n) is 3.28. The van der Waals surface area contributed by atoms with Gasteiger partial charge in [-0.25, -0.2) is 4.68 Å². The van der Waals surface area contributed by atoms with Crippen molar-refractivity contribution in [3.05, 3.63) is 11.8 Å². The van der Waals surface area contributed by atoms with Crippen LogP contribution in [0.25, 0.3) is 0 Å². The zero-order chi connectivity index (χ0) is 10.4. The quantitative estimate of drug-likeness (QED) is 0.728. The minimum absolute atomic E-state index is 0.0815. The Bertz CT molecular complexity index is 325. The summed E-state index contributed by atoms with van der Waals surface area (Å²) in [7, 11) is 0. The number of hydrogen-bond donors (Lipinski definition) is 1. The Morgan fingerprint density at radius 3 is 2.86 bits per heavy atom. The van der Waals surface area contributed by atoms with Gasteiger partial charge < -0.3 is 5.11 Å². The SMILES string of the molecule is CCCCCCn1nc(C#N)cc1O. The smallest absolute Gasteiger partial charge is 0.210 e. The Hall–Kier alpha value is -1.50. The van der Waals surface area contributed by atoms with Gasteiger partial charge in [-0.1, -0.05) is 26.2 Å². The van der Waals surface area contributed by atoms with Gasteiger partial charge in [0.05, 0.1) is 0 Å². The lowest BCUT2D eigenvalue weighted by atomic mass is 10.2. The number of nitrogens with zero attached hydrogens (tertiary/aromatic N) is 3. The second kappa shape index (κ2) is 5.28. The van der Waals surface area contributed by atoms with Crippen LogP contribution in [0.4, 0.5) is 0 Å². The summed E-state index contributed by atoms with van der Waals surface area (Å²) < 4.78 is 1.48. The largest absolute Gasteiger partial charge is 0.493 e. The number of hydrogen-bond acceptors (Lipinski definition) is 3. The van der Waals surface area contributed by atoms with Gasteiger partial charge in [-0.3, -0.25) is 0 Å². The number of nitriles is 1. The summed E-state index contributed by atoms with van der Waals surface area (Å²) >= 11 is 0. The third-order valence-electron chi connectivity index (χ3n) is 2.10. The van der Waals surface area contributed by atoms with Gasteiger partial charge in [0.15, 0.2) is 5.69 Å². The van der Waals surface area contributed by atoms with Gasteiger partial charge in [-0.2, -0.15) is 10.4 Å². The van der Waals surface area contributed by atoms with E-state index in [0.29, 0.717) is 6.54 Å². The molecule has 4 heteroatoms. The molecule has 76 valence electrons. The van der Waals surface area contributed by atoms with Crippen LogP contribution in [0.3, 0.4) is 0 Å². The number of aryl methyl sites for hydroxylation is 1. The minimum Gasteiger partial charge on any atom is -0.493 e. The van der Waals surface area contributed by atoms with Crippen molar-refractivity contribution in [2.24, 2.45) is 0 Å². The van der Waals surface area contributed by atoms with Crippen molar-refractivity contribution in [3.63, 3.8) is 0 Å². The summed E-state index contributed by atoms with van der Waals surface area (Å²) in [5.74, 6) is 0.0815. The Labute approximate surface area is 83.8 Å². The number of unbranched alkanes of at least 4 members (excludes halogenated alkanes) is 3. The predicted octanol–water partition coefficient (Wildman–Crippen LogP) is 2.04. The molecule has 0 aliphatic carbocycles. The van der Waals surface area contributed by atoms with Gasteiger partial charge in [0, 0.05) is 12.6 Å². The number of rotatable bonds is 5. The molecule has 0 unspecified atom stereocenters. The third kappa shape index (κ3) is 2.77. The molecule has 0 saturated heterocycles. The monoisotopic (exact) mass is 193 g/mol. The van der Waals surface area contributed by atoms with Crippen LogP contribution >= 0.6 is 0 Å². The molecule has 4 nitrogen and oxygen atoms in total. The van der Waals surface area contributed by atoms with Crippen LogP contribution in [-0.2, 0) is 6.54 Å². The molecular weight excluding hydrogens is 178 g/mol. The van der Waals surface area contributed by atoms with Crippen molar-refractivity contribution in [3.8, 4) is 11.9 Å². The van der Waals surface area contributed by atoms with E-state index in [1.165, 1.54) is 23.6 Å². The van der Waals surface area contributed by atoms with Crippen molar-refractivity contribution >= 4 is 0 Å². The highest BCUT2D eigenvalue weighted by atomic mass is 16.3. The average molecular weight is 193 g/mol. The highest BCUT2D eigenvalue weighted by Gasteiger charge is 2.04. The molecule has 0 aromatic carbocycles. The lowest BCUT2D eigenvalue weighted by Gasteiger charge is -2.01. The van der Waals surface area contributed by atoms with E-state index in [2.05, 4.69) is 12.0 Å². The van der Waals surface area contributed by atoms with Crippen molar-refractivity contribution in [2.45, 2.75) is 39.2 Å². The first-order valence-corrected chi connectivity index (χ1v) is 4.95. The van der Waals surface area contributed by atoms with Crippen LogP contribution in [0.2, 0.25) is 0 Å². The highest BCUT2D eigenvalue weighted by Crippen LogP contribution is 2.12. The summed E-state index contributed by atoms with van der Waals surface area (Å²) in [4.78, 5) is 0. The van der Waals surface area contributed by atoms with Crippen molar-refractivity contribution < 1.29 is 5.11 Å². The Kier molecular flexibility index (Phi) is 3.99. The first-order valence-electron chi connectivity index (χ1n) is 4.95. The minimum atomic E-state index is 0.0815. The molecule has 0 amide bonds. The van der Waals surface area contributed by atoms with Crippen LogP contribution in [0.1, 0.15) is 38.3 Å². The summed E-state index contributed by atoms with van der Waals surface area (Å²) in [6.45, 7) is 2.84. The summed E-state index contributed by atoms with van der Waals surface area (Å²) in [6.07, 6.45) is 4.52. The maximum Gasteiger partial charge on any atom is 0.210 e. The molecule has 0 fully saturated rings. The Morgan fingerprint density at radius 1 is 1.50 bits per heavy atom. The van der Waals surface area contributed by atoms with Crippen molar-refractivity contribution in [2.75, 3.05) is 0 Å². The lowest BCUT2D eigenvalue weighted by molar-refractivity contribution is 0.391. The zero-order valence-corrected chi connectivity index (χ0v) is 8.40. The average Bonchev–Trinajstić information content (AvgIpc) is 2.54. The molecule has 0 spiro atoms. The summed E-state index contributed by atoms with van der Waals surface area (Å²) in [5, 5.41) is 21.8. The van der Waals surface area contributed by atoms with Crippen LogP contribution in [0.15, 0.2) is 6.07 Å². The van der Waals surface area contributed by atoms with Gasteiger partial charge in [-0.05, 0) is 6.42 Å². The van der Waals surface area contributed by atoms with E-state index < -0.39 is 0 Å². The maximum atomic E-state index is 9.37. The van der Waals surface area contributed by atoms with E-state index in [1.54, 1.807) is 0 Å². The summed E-state index contributed by atoms with van der Waals surface area (Å²) in [5.41, 5.74) is 0.276. The Balaban J connectivity index is 2.43. The fraction of sp³-hybridized carbons (Fsp3) is 0.600. The zero-order valence-electron chi connectivity index (χ0n) is 8.40. The van der Waals surface area contributed by atoms with E-state index >= 15 is 0 Å². The molecular formula is C10H15N3O. The fourth-order valence-electron chi connectivity index (χ4n) is 1.31. The Morgan fingerprint density at radius 2 is 2.29 bits per heavy atom.